The van der Waals surface area contributed by atoms with Crippen molar-refractivity contribution < 1.29 is 8.42 Å². The molecule has 0 saturated carbocycles. The minimum atomic E-state index is -3.85. The van der Waals surface area contributed by atoms with E-state index in [1.54, 1.807) is 30.3 Å². The van der Waals surface area contributed by atoms with Gasteiger partial charge in [-0.25, -0.2) is 13.4 Å². The molecule has 0 radical (unpaired) electrons. The fraction of sp³-hybridized carbons (Fsp3) is 0.0400. The van der Waals surface area contributed by atoms with Crippen LogP contribution in [0.4, 0.5) is 0 Å². The number of benzene rings is 3. The lowest BCUT2D eigenvalue weighted by atomic mass is 9.99. The van der Waals surface area contributed by atoms with Crippen molar-refractivity contribution in [1.29, 1.82) is 5.26 Å². The van der Waals surface area contributed by atoms with E-state index in [0.717, 1.165) is 11.1 Å². The minimum absolute atomic E-state index is 0.0665. The van der Waals surface area contributed by atoms with Gasteiger partial charge in [0.25, 0.3) is 0 Å². The predicted octanol–water partition coefficient (Wildman–Crippen LogP) is 5.26. The molecule has 4 rings (SSSR count). The van der Waals surface area contributed by atoms with Gasteiger partial charge in [0.1, 0.15) is 6.07 Å². The van der Waals surface area contributed by atoms with Crippen molar-refractivity contribution in [3.8, 4) is 28.5 Å². The summed E-state index contributed by atoms with van der Waals surface area (Å²) in [6.07, 6.45) is 0. The van der Waals surface area contributed by atoms with Crippen LogP contribution in [-0.2, 0) is 15.6 Å². The molecule has 4 aromatic rings. The average Bonchev–Trinajstić information content (AvgIpc) is 2.79. The predicted molar refractivity (Wildman–Crippen MR) is 117 cm³/mol. The van der Waals surface area contributed by atoms with Crippen molar-refractivity contribution in [2.45, 2.75) is 10.8 Å². The summed E-state index contributed by atoms with van der Waals surface area (Å²) in [5.41, 5.74) is 3.34. The van der Waals surface area contributed by atoms with Crippen LogP contribution in [0.1, 0.15) is 11.1 Å². The van der Waals surface area contributed by atoms with Crippen molar-refractivity contribution in [1.82, 2.24) is 4.98 Å². The maximum atomic E-state index is 13.3. The van der Waals surface area contributed by atoms with Gasteiger partial charge in [-0.05, 0) is 17.2 Å². The summed E-state index contributed by atoms with van der Waals surface area (Å²) in [5.74, 6) is -0.220. The maximum absolute atomic E-state index is 13.3. The number of nitriles is 1. The average molecular weight is 410 g/mol. The molecule has 0 unspecified atom stereocenters. The summed E-state index contributed by atoms with van der Waals surface area (Å²) in [5, 5.41) is 9.71. The first-order valence-corrected chi connectivity index (χ1v) is 11.1. The van der Waals surface area contributed by atoms with E-state index < -0.39 is 9.84 Å². The number of aromatic nitrogens is 1. The van der Waals surface area contributed by atoms with Gasteiger partial charge >= 0.3 is 0 Å². The monoisotopic (exact) mass is 410 g/mol. The molecule has 1 aromatic heterocycles. The zero-order chi connectivity index (χ0) is 21.0. The van der Waals surface area contributed by atoms with Gasteiger partial charge in [0.15, 0.2) is 5.03 Å². The molecule has 0 fully saturated rings. The van der Waals surface area contributed by atoms with E-state index in [-0.39, 0.29) is 16.3 Å². The van der Waals surface area contributed by atoms with Crippen LogP contribution in [0, 0.1) is 11.3 Å². The quantitative estimate of drug-likeness (QED) is 0.450. The van der Waals surface area contributed by atoms with Crippen molar-refractivity contribution in [2.24, 2.45) is 0 Å². The van der Waals surface area contributed by atoms with Crippen LogP contribution < -0.4 is 0 Å². The minimum Gasteiger partial charge on any atom is -0.235 e. The maximum Gasteiger partial charge on any atom is 0.201 e. The number of nitrogens with zero attached hydrogens (tertiary/aromatic N) is 2. The Hall–Kier alpha value is -3.75. The lowest BCUT2D eigenvalue weighted by Gasteiger charge is -2.13. The standard InChI is InChI=1S/C25H18N2O2S/c26-17-23-22(20-12-6-2-7-13-20)16-24(21-14-8-3-9-15-21)27-25(23)30(28,29)18-19-10-4-1-5-11-19/h1-16H,18H2. The van der Waals surface area contributed by atoms with E-state index in [0.29, 0.717) is 16.8 Å². The van der Waals surface area contributed by atoms with Crippen LogP contribution in [0.5, 0.6) is 0 Å². The molecule has 3 aromatic carbocycles. The highest BCUT2D eigenvalue weighted by atomic mass is 32.2. The summed E-state index contributed by atoms with van der Waals surface area (Å²) in [6, 6.07) is 31.5. The van der Waals surface area contributed by atoms with Crippen LogP contribution in [0.2, 0.25) is 0 Å². The van der Waals surface area contributed by atoms with Gasteiger partial charge in [-0.3, -0.25) is 0 Å². The Labute approximate surface area is 176 Å². The highest BCUT2D eigenvalue weighted by Crippen LogP contribution is 2.33. The zero-order valence-electron chi connectivity index (χ0n) is 16.1. The topological polar surface area (TPSA) is 70.8 Å². The summed E-state index contributed by atoms with van der Waals surface area (Å²) in [7, 11) is -3.85. The van der Waals surface area contributed by atoms with Gasteiger partial charge in [-0.2, -0.15) is 5.26 Å². The zero-order valence-corrected chi connectivity index (χ0v) is 16.9. The molecule has 0 amide bonds. The summed E-state index contributed by atoms with van der Waals surface area (Å²) in [6.45, 7) is 0. The Bertz CT molecular complexity index is 1310. The molecule has 4 nitrogen and oxygen atoms in total. The summed E-state index contributed by atoms with van der Waals surface area (Å²) >= 11 is 0. The van der Waals surface area contributed by atoms with E-state index in [9.17, 15) is 13.7 Å². The first-order chi connectivity index (χ1) is 14.6. The molecule has 30 heavy (non-hydrogen) atoms. The molecule has 0 N–H and O–H groups in total. The Kier molecular flexibility index (Phi) is 5.42. The molecule has 0 aliphatic carbocycles. The van der Waals surface area contributed by atoms with Gasteiger partial charge in [0, 0.05) is 11.1 Å². The number of hydrogen-bond donors (Lipinski definition) is 0. The third-order valence-electron chi connectivity index (χ3n) is 4.75. The van der Waals surface area contributed by atoms with E-state index in [1.807, 2.05) is 66.7 Å². The van der Waals surface area contributed by atoms with Crippen LogP contribution in [0.15, 0.2) is 102 Å². The lowest BCUT2D eigenvalue weighted by Crippen LogP contribution is -2.11. The molecular weight excluding hydrogens is 392 g/mol. The molecule has 0 aliphatic rings. The van der Waals surface area contributed by atoms with Crippen molar-refractivity contribution in [3.05, 3.63) is 108 Å². The first-order valence-electron chi connectivity index (χ1n) is 9.41. The number of hydrogen-bond acceptors (Lipinski definition) is 4. The van der Waals surface area contributed by atoms with Gasteiger partial charge < -0.3 is 0 Å². The second-order valence-electron chi connectivity index (χ2n) is 6.82. The van der Waals surface area contributed by atoms with E-state index in [2.05, 4.69) is 11.1 Å². The van der Waals surface area contributed by atoms with Gasteiger partial charge in [0.2, 0.25) is 9.84 Å². The molecule has 146 valence electrons. The SMILES string of the molecule is N#Cc1c(-c2ccccc2)cc(-c2ccccc2)nc1S(=O)(=O)Cc1ccccc1. The van der Waals surface area contributed by atoms with Crippen LogP contribution >= 0.6 is 0 Å². The lowest BCUT2D eigenvalue weighted by molar-refractivity contribution is 0.591. The highest BCUT2D eigenvalue weighted by Gasteiger charge is 2.25. The fourth-order valence-corrected chi connectivity index (χ4v) is 4.79. The highest BCUT2D eigenvalue weighted by molar-refractivity contribution is 7.90. The summed E-state index contributed by atoms with van der Waals surface area (Å²) in [4.78, 5) is 4.46. The molecule has 5 heteroatoms. The molecule has 0 spiro atoms. The molecule has 0 aliphatic heterocycles. The molecule has 1 heterocycles. The Morgan fingerprint density at radius 3 is 1.87 bits per heavy atom. The molecule has 0 bridgehead atoms. The Morgan fingerprint density at radius 1 is 0.767 bits per heavy atom. The Balaban J connectivity index is 1.96. The largest absolute Gasteiger partial charge is 0.235 e. The normalized spacial score (nSPS) is 11.0. The molecule has 0 atom stereocenters. The number of rotatable bonds is 5. The Morgan fingerprint density at radius 2 is 1.30 bits per heavy atom. The second-order valence-corrected chi connectivity index (χ2v) is 8.73. The van der Waals surface area contributed by atoms with E-state index in [4.69, 9.17) is 0 Å². The molecular formula is C25H18N2O2S. The van der Waals surface area contributed by atoms with Crippen molar-refractivity contribution in [2.75, 3.05) is 0 Å². The third-order valence-corrected chi connectivity index (χ3v) is 6.34. The third kappa shape index (κ3) is 4.00. The van der Waals surface area contributed by atoms with E-state index >= 15 is 0 Å². The number of sulfone groups is 1. The van der Waals surface area contributed by atoms with Gasteiger partial charge in [0.05, 0.1) is 17.0 Å². The van der Waals surface area contributed by atoms with Gasteiger partial charge in [-0.1, -0.05) is 91.0 Å². The van der Waals surface area contributed by atoms with E-state index in [1.165, 1.54) is 0 Å². The summed E-state index contributed by atoms with van der Waals surface area (Å²) < 4.78 is 26.7. The number of pyridine rings is 1. The second kappa shape index (κ2) is 8.32. The smallest absolute Gasteiger partial charge is 0.201 e. The van der Waals surface area contributed by atoms with Crippen LogP contribution in [0.25, 0.3) is 22.4 Å². The van der Waals surface area contributed by atoms with Gasteiger partial charge in [-0.15, -0.1) is 0 Å². The van der Waals surface area contributed by atoms with Crippen molar-refractivity contribution in [3.63, 3.8) is 0 Å². The molecule has 0 saturated heterocycles. The first kappa shape index (κ1) is 19.6. The fourth-order valence-electron chi connectivity index (χ4n) is 3.32. The van der Waals surface area contributed by atoms with Crippen LogP contribution in [-0.4, -0.2) is 13.4 Å². The van der Waals surface area contributed by atoms with Crippen LogP contribution in [0.3, 0.4) is 0 Å². The van der Waals surface area contributed by atoms with Crippen molar-refractivity contribution >= 4 is 9.84 Å².